The summed E-state index contributed by atoms with van der Waals surface area (Å²) < 4.78 is 39.1. The van der Waals surface area contributed by atoms with Gasteiger partial charge in [0.05, 0.1) is 14.2 Å². The molecule has 0 aromatic heterocycles. The van der Waals surface area contributed by atoms with E-state index in [1.165, 1.54) is 0 Å². The highest BCUT2D eigenvalue weighted by Crippen LogP contribution is 2.11. The lowest BCUT2D eigenvalue weighted by Crippen LogP contribution is -2.07. The molecular formula is C14H14O2S. The molecule has 17 heavy (non-hydrogen) atoms. The van der Waals surface area contributed by atoms with Gasteiger partial charge in [0.1, 0.15) is 0 Å². The molecule has 0 fully saturated rings. The molecule has 88 valence electrons. The van der Waals surface area contributed by atoms with Crippen LogP contribution >= 0.6 is 0 Å². The normalized spacial score (nSPS) is 12.9. The van der Waals surface area contributed by atoms with Gasteiger partial charge < -0.3 is 0 Å². The molecule has 0 atom stereocenters. The van der Waals surface area contributed by atoms with Gasteiger partial charge in [0.2, 0.25) is 0 Å². The van der Waals surface area contributed by atoms with Crippen molar-refractivity contribution in [1.29, 1.82) is 0 Å². The highest BCUT2D eigenvalue weighted by atomic mass is 32.2. The van der Waals surface area contributed by atoms with Crippen LogP contribution in [-0.2, 0) is 21.3 Å². The molecular weight excluding hydrogens is 232 g/mol. The van der Waals surface area contributed by atoms with E-state index in [2.05, 4.69) is 0 Å². The summed E-state index contributed by atoms with van der Waals surface area (Å²) in [4.78, 5) is 0. The molecule has 0 saturated carbocycles. The quantitative estimate of drug-likeness (QED) is 0.833. The van der Waals surface area contributed by atoms with Crippen molar-refractivity contribution in [2.45, 2.75) is 11.5 Å². The maximum atomic E-state index is 12.1. The van der Waals surface area contributed by atoms with Crippen molar-refractivity contribution < 1.29 is 11.2 Å². The smallest absolute Gasteiger partial charge is 0.158 e. The maximum absolute atomic E-state index is 12.1. The number of benzene rings is 2. The van der Waals surface area contributed by atoms with Gasteiger partial charge in [-0.15, -0.1) is 0 Å². The van der Waals surface area contributed by atoms with Crippen molar-refractivity contribution in [3.05, 3.63) is 71.7 Å². The summed E-state index contributed by atoms with van der Waals surface area (Å²) in [6, 6.07) is 13.7. The maximum Gasteiger partial charge on any atom is 0.158 e. The summed E-state index contributed by atoms with van der Waals surface area (Å²) >= 11 is 0. The van der Waals surface area contributed by atoms with Crippen molar-refractivity contribution in [3.63, 3.8) is 0 Å². The second kappa shape index (κ2) is 5.15. The Morgan fingerprint density at radius 1 is 0.824 bits per heavy atom. The van der Waals surface area contributed by atoms with E-state index < -0.39 is 9.84 Å². The number of hydrogen-bond acceptors (Lipinski definition) is 2. The van der Waals surface area contributed by atoms with Crippen molar-refractivity contribution >= 4 is 9.84 Å². The standard InChI is InChI=1S/C14H14O2S/c15-17(16,11-13-7-3-1-4-8-13)12-14-9-5-2-6-10-14/h1-10H,11-12H2/i3D,5D. The second-order valence-electron chi connectivity index (χ2n) is 3.86. The van der Waals surface area contributed by atoms with Gasteiger partial charge in [-0.05, 0) is 11.1 Å². The molecule has 2 nitrogen and oxygen atoms in total. The zero-order valence-corrected chi connectivity index (χ0v) is 10.1. The predicted octanol–water partition coefficient (Wildman–Crippen LogP) is 2.80. The molecule has 2 aromatic carbocycles. The summed E-state index contributed by atoms with van der Waals surface area (Å²) in [6.45, 7) is 0. The lowest BCUT2D eigenvalue weighted by Gasteiger charge is -2.04. The lowest BCUT2D eigenvalue weighted by atomic mass is 10.2. The van der Waals surface area contributed by atoms with Crippen LogP contribution in [0.15, 0.2) is 60.6 Å². The average molecular weight is 248 g/mol. The van der Waals surface area contributed by atoms with Crippen LogP contribution in [0, 0.1) is 0 Å². The van der Waals surface area contributed by atoms with E-state index in [0.717, 1.165) is 0 Å². The number of hydrogen-bond donors (Lipinski definition) is 0. The molecule has 0 heterocycles. The molecule has 0 spiro atoms. The monoisotopic (exact) mass is 248 g/mol. The fourth-order valence-corrected chi connectivity index (χ4v) is 3.08. The van der Waals surface area contributed by atoms with Crippen LogP contribution in [0.25, 0.3) is 0 Å². The van der Waals surface area contributed by atoms with Crippen LogP contribution in [0.5, 0.6) is 0 Å². The third-order valence-electron chi connectivity index (χ3n) is 2.32. The van der Waals surface area contributed by atoms with Gasteiger partial charge >= 0.3 is 0 Å². The molecule has 0 aliphatic heterocycles. The van der Waals surface area contributed by atoms with Gasteiger partial charge in [0.25, 0.3) is 0 Å². The minimum Gasteiger partial charge on any atom is -0.228 e. The van der Waals surface area contributed by atoms with Crippen LogP contribution in [0.2, 0.25) is 0 Å². The van der Waals surface area contributed by atoms with Crippen molar-refractivity contribution in [1.82, 2.24) is 0 Å². The molecule has 0 N–H and O–H groups in total. The van der Waals surface area contributed by atoms with E-state index in [1.807, 2.05) is 0 Å². The summed E-state index contributed by atoms with van der Waals surface area (Å²) in [6.07, 6.45) is 0. The molecule has 0 bridgehead atoms. The highest BCUT2D eigenvalue weighted by molar-refractivity contribution is 7.89. The van der Waals surface area contributed by atoms with Gasteiger partial charge in [0.15, 0.2) is 9.84 Å². The topological polar surface area (TPSA) is 34.1 Å². The SMILES string of the molecule is [2H]c1cccc(CS(=O)(=O)Cc2cccc([2H])c2)c1. The Morgan fingerprint density at radius 3 is 1.71 bits per heavy atom. The van der Waals surface area contributed by atoms with Crippen LogP contribution in [0.4, 0.5) is 0 Å². The highest BCUT2D eigenvalue weighted by Gasteiger charge is 2.12. The van der Waals surface area contributed by atoms with E-state index in [0.29, 0.717) is 23.2 Å². The zero-order valence-electron chi connectivity index (χ0n) is 11.3. The van der Waals surface area contributed by atoms with Crippen LogP contribution < -0.4 is 0 Å². The van der Waals surface area contributed by atoms with E-state index in [-0.39, 0.29) is 11.5 Å². The van der Waals surface area contributed by atoms with E-state index in [9.17, 15) is 8.42 Å². The van der Waals surface area contributed by atoms with Gasteiger partial charge in [-0.25, -0.2) is 8.42 Å². The fourth-order valence-electron chi connectivity index (χ4n) is 1.60. The Hall–Kier alpha value is -1.61. The van der Waals surface area contributed by atoms with E-state index >= 15 is 0 Å². The zero-order chi connectivity index (χ0) is 13.9. The Bertz CT molecular complexity index is 628. The minimum absolute atomic E-state index is 0.0814. The first kappa shape index (κ1) is 9.42. The van der Waals surface area contributed by atoms with E-state index in [1.54, 1.807) is 48.5 Å². The first-order chi connectivity index (χ1) is 8.94. The number of rotatable bonds is 4. The molecule has 2 rings (SSSR count). The molecule has 0 unspecified atom stereocenters. The average Bonchev–Trinajstić information content (AvgIpc) is 2.27. The largest absolute Gasteiger partial charge is 0.228 e. The summed E-state index contributed by atoms with van der Waals surface area (Å²) in [5, 5.41) is 0. The van der Waals surface area contributed by atoms with Gasteiger partial charge in [0, 0.05) is 0 Å². The second-order valence-corrected chi connectivity index (χ2v) is 5.92. The molecule has 0 radical (unpaired) electrons. The minimum atomic E-state index is -3.29. The Kier molecular flexibility index (Phi) is 2.85. The third kappa shape index (κ3) is 3.71. The first-order valence-electron chi connectivity index (χ1n) is 6.26. The summed E-state index contributed by atoms with van der Waals surface area (Å²) in [7, 11) is -3.29. The lowest BCUT2D eigenvalue weighted by molar-refractivity contribution is 0.594. The summed E-state index contributed by atoms with van der Waals surface area (Å²) in [5.74, 6) is -0.163. The van der Waals surface area contributed by atoms with Crippen molar-refractivity contribution in [2.75, 3.05) is 0 Å². The molecule has 0 aliphatic rings. The Balaban J connectivity index is 2.15. The predicted molar refractivity (Wildman–Crippen MR) is 69.2 cm³/mol. The molecule has 2 aromatic rings. The Labute approximate surface area is 105 Å². The van der Waals surface area contributed by atoms with Gasteiger partial charge in [-0.1, -0.05) is 60.6 Å². The van der Waals surface area contributed by atoms with Crippen LogP contribution in [-0.4, -0.2) is 8.42 Å². The van der Waals surface area contributed by atoms with E-state index in [4.69, 9.17) is 2.74 Å². The van der Waals surface area contributed by atoms with Crippen molar-refractivity contribution in [3.8, 4) is 0 Å². The molecule has 0 amide bonds. The number of sulfone groups is 1. The Morgan fingerprint density at radius 2 is 1.29 bits per heavy atom. The van der Waals surface area contributed by atoms with Crippen molar-refractivity contribution in [2.24, 2.45) is 0 Å². The third-order valence-corrected chi connectivity index (χ3v) is 3.86. The molecule has 3 heteroatoms. The first-order valence-corrected chi connectivity index (χ1v) is 7.08. The van der Waals surface area contributed by atoms with Gasteiger partial charge in [-0.3, -0.25) is 0 Å². The molecule has 0 aliphatic carbocycles. The molecule has 0 saturated heterocycles. The summed E-state index contributed by atoms with van der Waals surface area (Å²) in [5.41, 5.74) is 1.24. The van der Waals surface area contributed by atoms with Gasteiger partial charge in [-0.2, -0.15) is 0 Å². The fraction of sp³-hybridized carbons (Fsp3) is 0.143. The van der Waals surface area contributed by atoms with Crippen LogP contribution in [0.3, 0.4) is 0 Å². The van der Waals surface area contributed by atoms with Crippen LogP contribution in [0.1, 0.15) is 13.9 Å².